The molecule has 0 unspecified atom stereocenters. The van der Waals surface area contributed by atoms with Crippen molar-refractivity contribution in [2.75, 3.05) is 0 Å². The largest absolute Gasteiger partial charge is 0.289 e. The molecule has 0 saturated heterocycles. The van der Waals surface area contributed by atoms with Crippen LogP contribution in [0.15, 0.2) is 84.9 Å². The molecule has 0 spiro atoms. The van der Waals surface area contributed by atoms with Crippen molar-refractivity contribution in [1.29, 1.82) is 0 Å². The van der Waals surface area contributed by atoms with Gasteiger partial charge in [-0.1, -0.05) is 24.3 Å². The molecule has 150 valence electrons. The number of hydrogen-bond donors (Lipinski definition) is 0. The molecule has 0 amide bonds. The molecule has 4 aromatic rings. The number of hydrogen-bond acceptors (Lipinski definition) is 2. The molecule has 0 N–H and O–H groups in total. The summed E-state index contributed by atoms with van der Waals surface area (Å²) in [5, 5.41) is 0. The molecule has 0 heterocycles. The predicted octanol–water partition coefficient (Wildman–Crippen LogP) is 6.00. The normalized spacial score (nSPS) is 11.7. The Balaban J connectivity index is 1.44. The van der Waals surface area contributed by atoms with Gasteiger partial charge in [0.1, 0.15) is 11.6 Å². The van der Waals surface area contributed by atoms with Crippen molar-refractivity contribution < 1.29 is 18.4 Å². The number of halogens is 2. The lowest BCUT2D eigenvalue weighted by molar-refractivity contribution is 0.103. The number of fused-ring (bicyclic) bond motifs is 3. The molecule has 5 rings (SSSR count). The van der Waals surface area contributed by atoms with E-state index in [1.54, 1.807) is 12.1 Å². The predicted molar refractivity (Wildman–Crippen MR) is 114 cm³/mol. The molecule has 0 atom stereocenters. The van der Waals surface area contributed by atoms with Gasteiger partial charge in [-0.15, -0.1) is 0 Å². The summed E-state index contributed by atoms with van der Waals surface area (Å²) in [6.07, 6.45) is 0.611. The highest BCUT2D eigenvalue weighted by atomic mass is 19.1. The van der Waals surface area contributed by atoms with E-state index in [0.717, 1.165) is 22.3 Å². The minimum absolute atomic E-state index is 0.161. The van der Waals surface area contributed by atoms with Gasteiger partial charge < -0.3 is 0 Å². The minimum Gasteiger partial charge on any atom is -0.289 e. The van der Waals surface area contributed by atoms with Crippen LogP contribution in [0.1, 0.15) is 43.0 Å². The zero-order chi connectivity index (χ0) is 21.5. The Morgan fingerprint density at radius 2 is 0.871 bits per heavy atom. The van der Waals surface area contributed by atoms with Crippen molar-refractivity contribution in [2.24, 2.45) is 0 Å². The molecule has 1 aliphatic carbocycles. The monoisotopic (exact) mass is 410 g/mol. The van der Waals surface area contributed by atoms with Gasteiger partial charge in [0, 0.05) is 22.3 Å². The van der Waals surface area contributed by atoms with Gasteiger partial charge in [0.2, 0.25) is 0 Å². The third kappa shape index (κ3) is 3.46. The Hall–Kier alpha value is -3.92. The zero-order valence-corrected chi connectivity index (χ0v) is 16.4. The van der Waals surface area contributed by atoms with Crippen LogP contribution in [0, 0.1) is 11.6 Å². The highest BCUT2D eigenvalue weighted by Crippen LogP contribution is 2.38. The van der Waals surface area contributed by atoms with Gasteiger partial charge in [0.05, 0.1) is 0 Å². The molecule has 0 saturated carbocycles. The van der Waals surface area contributed by atoms with Gasteiger partial charge in [0.25, 0.3) is 0 Å². The van der Waals surface area contributed by atoms with Crippen LogP contribution in [-0.4, -0.2) is 11.6 Å². The molecule has 0 aromatic heterocycles. The van der Waals surface area contributed by atoms with E-state index in [4.69, 9.17) is 0 Å². The standard InChI is InChI=1S/C27H16F2O2/c28-22-7-1-16(2-8-22)26(30)18-5-11-24-20(13-18)15-21-14-19(6-12-25(21)24)27(31)17-3-9-23(29)10-4-17/h1-14H,15H2. The second kappa shape index (κ2) is 7.40. The molecule has 0 radical (unpaired) electrons. The van der Waals surface area contributed by atoms with Gasteiger partial charge in [-0.3, -0.25) is 9.59 Å². The van der Waals surface area contributed by atoms with E-state index in [0.29, 0.717) is 28.7 Å². The van der Waals surface area contributed by atoms with Crippen molar-refractivity contribution in [1.82, 2.24) is 0 Å². The van der Waals surface area contributed by atoms with E-state index < -0.39 is 0 Å². The fourth-order valence-corrected chi connectivity index (χ4v) is 4.03. The average molecular weight is 410 g/mol. The van der Waals surface area contributed by atoms with Crippen molar-refractivity contribution in [3.05, 3.63) is 130 Å². The maximum absolute atomic E-state index is 13.1. The SMILES string of the molecule is O=C(c1ccc(F)cc1)c1ccc2c(c1)Cc1cc(C(=O)c3ccc(F)cc3)ccc1-2. The Morgan fingerprint density at radius 3 is 1.26 bits per heavy atom. The first kappa shape index (κ1) is 19.1. The van der Waals surface area contributed by atoms with Crippen LogP contribution < -0.4 is 0 Å². The summed E-state index contributed by atoms with van der Waals surface area (Å²) >= 11 is 0. The molecule has 0 fully saturated rings. The zero-order valence-electron chi connectivity index (χ0n) is 16.4. The average Bonchev–Trinajstić information content (AvgIpc) is 3.16. The molecule has 1 aliphatic rings. The van der Waals surface area contributed by atoms with Crippen LogP contribution in [0.25, 0.3) is 11.1 Å². The Kier molecular flexibility index (Phi) is 4.55. The Labute approximate surface area is 177 Å². The Bertz CT molecular complexity index is 1230. The van der Waals surface area contributed by atoms with Crippen LogP contribution in [0.5, 0.6) is 0 Å². The number of carbonyl (C=O) groups excluding carboxylic acids is 2. The molecule has 0 aliphatic heterocycles. The van der Waals surface area contributed by atoms with Gasteiger partial charge in [-0.25, -0.2) is 8.78 Å². The van der Waals surface area contributed by atoms with Gasteiger partial charge in [-0.2, -0.15) is 0 Å². The van der Waals surface area contributed by atoms with Crippen molar-refractivity contribution >= 4 is 11.6 Å². The maximum Gasteiger partial charge on any atom is 0.193 e. The van der Waals surface area contributed by atoms with Crippen LogP contribution in [0.3, 0.4) is 0 Å². The summed E-state index contributed by atoms with van der Waals surface area (Å²) in [5.74, 6) is -1.09. The molecule has 31 heavy (non-hydrogen) atoms. The lowest BCUT2D eigenvalue weighted by Gasteiger charge is -2.06. The number of ketones is 2. The first-order valence-electron chi connectivity index (χ1n) is 9.86. The third-order valence-electron chi connectivity index (χ3n) is 5.62. The smallest absolute Gasteiger partial charge is 0.193 e. The lowest BCUT2D eigenvalue weighted by Crippen LogP contribution is -2.02. The van der Waals surface area contributed by atoms with Gasteiger partial charge >= 0.3 is 0 Å². The van der Waals surface area contributed by atoms with E-state index >= 15 is 0 Å². The van der Waals surface area contributed by atoms with Crippen molar-refractivity contribution in [3.8, 4) is 11.1 Å². The summed E-state index contributed by atoms with van der Waals surface area (Å²) in [6.45, 7) is 0. The summed E-state index contributed by atoms with van der Waals surface area (Å²) in [6, 6.07) is 22.1. The molecular formula is C27H16F2O2. The van der Waals surface area contributed by atoms with E-state index in [1.165, 1.54) is 48.5 Å². The molecule has 2 nitrogen and oxygen atoms in total. The van der Waals surface area contributed by atoms with Crippen LogP contribution in [0.2, 0.25) is 0 Å². The van der Waals surface area contributed by atoms with E-state index in [-0.39, 0.29) is 23.2 Å². The van der Waals surface area contributed by atoms with Gasteiger partial charge in [-0.05, 0) is 89.3 Å². The molecule has 0 bridgehead atoms. The van der Waals surface area contributed by atoms with Crippen LogP contribution in [-0.2, 0) is 6.42 Å². The second-order valence-electron chi connectivity index (χ2n) is 7.59. The first-order chi connectivity index (χ1) is 15.0. The van der Waals surface area contributed by atoms with Crippen LogP contribution >= 0.6 is 0 Å². The highest BCUT2D eigenvalue weighted by Gasteiger charge is 2.22. The fraction of sp³-hybridized carbons (Fsp3) is 0.0370. The maximum atomic E-state index is 13.1. The van der Waals surface area contributed by atoms with Crippen molar-refractivity contribution in [3.63, 3.8) is 0 Å². The third-order valence-corrected chi connectivity index (χ3v) is 5.62. The van der Waals surface area contributed by atoms with Crippen LogP contribution in [0.4, 0.5) is 8.78 Å². The minimum atomic E-state index is -0.382. The summed E-state index contributed by atoms with van der Waals surface area (Å²) in [7, 11) is 0. The quantitative estimate of drug-likeness (QED) is 0.341. The summed E-state index contributed by atoms with van der Waals surface area (Å²) in [5.41, 5.74) is 6.04. The second-order valence-corrected chi connectivity index (χ2v) is 7.59. The fourth-order valence-electron chi connectivity index (χ4n) is 4.03. The van der Waals surface area contributed by atoms with Crippen molar-refractivity contribution in [2.45, 2.75) is 6.42 Å². The topological polar surface area (TPSA) is 34.1 Å². The first-order valence-corrected chi connectivity index (χ1v) is 9.86. The lowest BCUT2D eigenvalue weighted by atomic mass is 9.97. The highest BCUT2D eigenvalue weighted by molar-refractivity contribution is 6.10. The van der Waals surface area contributed by atoms with E-state index in [1.807, 2.05) is 24.3 Å². The molecule has 4 aromatic carbocycles. The summed E-state index contributed by atoms with van der Waals surface area (Å²) < 4.78 is 26.3. The Morgan fingerprint density at radius 1 is 0.516 bits per heavy atom. The van der Waals surface area contributed by atoms with Gasteiger partial charge in [0.15, 0.2) is 11.6 Å². The number of rotatable bonds is 4. The summed E-state index contributed by atoms with van der Waals surface area (Å²) in [4.78, 5) is 25.5. The molecule has 4 heteroatoms. The number of benzene rings is 4. The van der Waals surface area contributed by atoms with E-state index in [2.05, 4.69) is 0 Å². The molecular weight excluding hydrogens is 394 g/mol. The number of carbonyl (C=O) groups is 2. The van der Waals surface area contributed by atoms with E-state index in [9.17, 15) is 18.4 Å².